The highest BCUT2D eigenvalue weighted by Crippen LogP contribution is 2.20. The minimum Gasteiger partial charge on any atom is -0.480 e. The summed E-state index contributed by atoms with van der Waals surface area (Å²) in [5, 5.41) is 11.0. The van der Waals surface area contributed by atoms with Gasteiger partial charge in [-0.05, 0) is 36.4 Å². The van der Waals surface area contributed by atoms with E-state index in [4.69, 9.17) is 10.8 Å². The first kappa shape index (κ1) is 19.1. The molecule has 0 fully saturated rings. The number of carboxylic acids is 1. The van der Waals surface area contributed by atoms with Crippen LogP contribution in [0.3, 0.4) is 0 Å². The van der Waals surface area contributed by atoms with E-state index in [1.54, 1.807) is 36.4 Å². The molecule has 0 spiro atoms. The number of carbonyl (C=O) groups is 3. The summed E-state index contributed by atoms with van der Waals surface area (Å²) in [7, 11) is 1.83. The summed E-state index contributed by atoms with van der Waals surface area (Å²) in [4.78, 5) is 46.4. The Bertz CT molecular complexity index is 1320. The van der Waals surface area contributed by atoms with Gasteiger partial charge in [0.15, 0.2) is 0 Å². The molecule has 2 amide bonds. The van der Waals surface area contributed by atoms with Gasteiger partial charge in [-0.3, -0.25) is 14.4 Å². The SMILES string of the molecule is Cn1c(Cc2nc3ccc(C(N)=O)cc3[nH]2)nc2ccc(C(=O)NCC(=O)O)cc21. The molecule has 0 aliphatic heterocycles. The van der Waals surface area contributed by atoms with Crippen LogP contribution in [0.5, 0.6) is 0 Å². The second-order valence-corrected chi connectivity index (χ2v) is 6.82. The van der Waals surface area contributed by atoms with Crippen LogP contribution in [-0.2, 0) is 18.3 Å². The number of hydrogen-bond donors (Lipinski definition) is 4. The van der Waals surface area contributed by atoms with E-state index in [9.17, 15) is 14.4 Å². The molecule has 10 nitrogen and oxygen atoms in total. The minimum atomic E-state index is -1.11. The monoisotopic (exact) mass is 406 g/mol. The van der Waals surface area contributed by atoms with Gasteiger partial charge in [0.05, 0.1) is 28.5 Å². The zero-order chi connectivity index (χ0) is 21.4. The number of amides is 2. The van der Waals surface area contributed by atoms with E-state index in [1.807, 2.05) is 11.6 Å². The third-order valence-electron chi connectivity index (χ3n) is 4.78. The van der Waals surface area contributed by atoms with Crippen molar-refractivity contribution in [2.45, 2.75) is 6.42 Å². The molecule has 0 aliphatic carbocycles. The van der Waals surface area contributed by atoms with Crippen LogP contribution in [0, 0.1) is 0 Å². The van der Waals surface area contributed by atoms with Crippen molar-refractivity contribution in [3.8, 4) is 0 Å². The molecule has 0 saturated heterocycles. The van der Waals surface area contributed by atoms with Crippen LogP contribution >= 0.6 is 0 Å². The van der Waals surface area contributed by atoms with Crippen LogP contribution in [0.2, 0.25) is 0 Å². The molecule has 4 aromatic rings. The number of benzene rings is 2. The number of fused-ring (bicyclic) bond motifs is 2. The van der Waals surface area contributed by atoms with Gasteiger partial charge in [0, 0.05) is 18.2 Å². The van der Waals surface area contributed by atoms with E-state index in [0.29, 0.717) is 39.9 Å². The quantitative estimate of drug-likeness (QED) is 0.373. The molecule has 0 saturated carbocycles. The lowest BCUT2D eigenvalue weighted by molar-refractivity contribution is -0.135. The molecule has 0 unspecified atom stereocenters. The highest BCUT2D eigenvalue weighted by molar-refractivity contribution is 5.98. The lowest BCUT2D eigenvalue weighted by Crippen LogP contribution is -2.29. The molecule has 2 aromatic heterocycles. The first-order valence-corrected chi connectivity index (χ1v) is 9.05. The predicted molar refractivity (Wildman–Crippen MR) is 108 cm³/mol. The third kappa shape index (κ3) is 3.58. The summed E-state index contributed by atoms with van der Waals surface area (Å²) >= 11 is 0. The summed E-state index contributed by atoms with van der Waals surface area (Å²) in [6.07, 6.45) is 0.409. The molecule has 4 rings (SSSR count). The Kier molecular flexibility index (Phi) is 4.66. The number of primary amides is 1. The van der Waals surface area contributed by atoms with Crippen LogP contribution in [0.15, 0.2) is 36.4 Å². The molecule has 0 radical (unpaired) electrons. The Morgan fingerprint density at radius 2 is 1.83 bits per heavy atom. The number of carbonyl (C=O) groups excluding carboxylic acids is 2. The zero-order valence-corrected chi connectivity index (χ0v) is 16.0. The van der Waals surface area contributed by atoms with Gasteiger partial charge in [-0.2, -0.15) is 0 Å². The van der Waals surface area contributed by atoms with Crippen molar-refractivity contribution in [1.29, 1.82) is 0 Å². The van der Waals surface area contributed by atoms with E-state index in [2.05, 4.69) is 20.3 Å². The number of imidazole rings is 2. The topological polar surface area (TPSA) is 156 Å². The number of nitrogens with two attached hydrogens (primary N) is 1. The van der Waals surface area contributed by atoms with E-state index < -0.39 is 24.3 Å². The number of carboxylic acid groups (broad SMARTS) is 1. The van der Waals surface area contributed by atoms with E-state index in [1.165, 1.54) is 0 Å². The largest absolute Gasteiger partial charge is 0.480 e. The summed E-state index contributed by atoms with van der Waals surface area (Å²) in [6.45, 7) is -0.447. The highest BCUT2D eigenvalue weighted by atomic mass is 16.4. The number of aromatic amines is 1. The Morgan fingerprint density at radius 1 is 1.10 bits per heavy atom. The van der Waals surface area contributed by atoms with Gasteiger partial charge in [-0.25, -0.2) is 9.97 Å². The van der Waals surface area contributed by atoms with Crippen molar-refractivity contribution in [3.05, 3.63) is 59.2 Å². The summed E-state index contributed by atoms with van der Waals surface area (Å²) < 4.78 is 1.85. The van der Waals surface area contributed by atoms with Crippen molar-refractivity contribution in [2.24, 2.45) is 12.8 Å². The van der Waals surface area contributed by atoms with Gasteiger partial charge in [-0.15, -0.1) is 0 Å². The number of aryl methyl sites for hydroxylation is 1. The summed E-state index contributed by atoms with van der Waals surface area (Å²) in [5.74, 6) is -0.691. The van der Waals surface area contributed by atoms with Gasteiger partial charge in [0.1, 0.15) is 18.2 Å². The molecule has 5 N–H and O–H groups in total. The smallest absolute Gasteiger partial charge is 0.322 e. The fourth-order valence-electron chi connectivity index (χ4n) is 3.25. The van der Waals surface area contributed by atoms with Crippen molar-refractivity contribution in [3.63, 3.8) is 0 Å². The van der Waals surface area contributed by atoms with Crippen molar-refractivity contribution in [1.82, 2.24) is 24.8 Å². The maximum atomic E-state index is 12.1. The molecule has 30 heavy (non-hydrogen) atoms. The number of nitrogens with one attached hydrogen (secondary N) is 2. The predicted octanol–water partition coefficient (Wildman–Crippen LogP) is 0.954. The molecule has 152 valence electrons. The maximum Gasteiger partial charge on any atom is 0.322 e. The van der Waals surface area contributed by atoms with Crippen LogP contribution in [0.4, 0.5) is 0 Å². The summed E-state index contributed by atoms with van der Waals surface area (Å²) in [6, 6.07) is 9.99. The van der Waals surface area contributed by atoms with Crippen LogP contribution in [-0.4, -0.2) is 49.0 Å². The minimum absolute atomic E-state index is 0.348. The molecule has 0 bridgehead atoms. The van der Waals surface area contributed by atoms with Gasteiger partial charge < -0.3 is 25.7 Å². The van der Waals surface area contributed by atoms with Gasteiger partial charge in [0.2, 0.25) is 5.91 Å². The number of rotatable bonds is 6. The standard InChI is InChI=1S/C20H18N6O4/c1-26-15-7-11(20(30)22-9-18(27)28)3-5-13(15)25-17(26)8-16-23-12-4-2-10(19(21)29)6-14(12)24-16/h2-7H,8-9H2,1H3,(H2,21,29)(H,22,30)(H,23,24)(H,27,28). The van der Waals surface area contributed by atoms with Crippen molar-refractivity contribution in [2.75, 3.05) is 6.54 Å². The second kappa shape index (κ2) is 7.32. The second-order valence-electron chi connectivity index (χ2n) is 6.82. The molecule has 0 atom stereocenters. The van der Waals surface area contributed by atoms with Crippen LogP contribution in [0.1, 0.15) is 32.4 Å². The third-order valence-corrected chi connectivity index (χ3v) is 4.78. The molecule has 0 aliphatic rings. The fraction of sp³-hybridized carbons (Fsp3) is 0.150. The van der Waals surface area contributed by atoms with Crippen molar-refractivity contribution >= 4 is 39.9 Å². The lowest BCUT2D eigenvalue weighted by atomic mass is 10.2. The van der Waals surface area contributed by atoms with Crippen LogP contribution in [0.25, 0.3) is 22.1 Å². The normalized spacial score (nSPS) is 11.1. The van der Waals surface area contributed by atoms with E-state index in [0.717, 1.165) is 11.3 Å². The summed E-state index contributed by atoms with van der Waals surface area (Å²) in [5.41, 5.74) is 8.93. The van der Waals surface area contributed by atoms with E-state index >= 15 is 0 Å². The van der Waals surface area contributed by atoms with Gasteiger partial charge >= 0.3 is 5.97 Å². The molecule has 2 heterocycles. The fourth-order valence-corrected chi connectivity index (χ4v) is 3.25. The lowest BCUT2D eigenvalue weighted by Gasteiger charge is -2.04. The molecular weight excluding hydrogens is 388 g/mol. The van der Waals surface area contributed by atoms with Gasteiger partial charge in [0.25, 0.3) is 5.91 Å². The Balaban J connectivity index is 1.62. The van der Waals surface area contributed by atoms with Crippen molar-refractivity contribution < 1.29 is 19.5 Å². The average Bonchev–Trinajstić information content (AvgIpc) is 3.25. The first-order valence-electron chi connectivity index (χ1n) is 9.05. The first-order chi connectivity index (χ1) is 14.3. The number of hydrogen-bond acceptors (Lipinski definition) is 5. The molecule has 2 aromatic carbocycles. The average molecular weight is 406 g/mol. The molecule has 10 heteroatoms. The zero-order valence-electron chi connectivity index (χ0n) is 16.0. The van der Waals surface area contributed by atoms with Gasteiger partial charge in [-0.1, -0.05) is 0 Å². The Hall–Kier alpha value is -4.21. The number of nitrogens with zero attached hydrogens (tertiary/aromatic N) is 3. The van der Waals surface area contributed by atoms with E-state index in [-0.39, 0.29) is 0 Å². The highest BCUT2D eigenvalue weighted by Gasteiger charge is 2.14. The van der Waals surface area contributed by atoms with Crippen LogP contribution < -0.4 is 11.1 Å². The Labute approximate surface area is 169 Å². The number of H-pyrrole nitrogens is 1. The number of aliphatic carboxylic acids is 1. The molecular formula is C20H18N6O4. The Morgan fingerprint density at radius 3 is 2.57 bits per heavy atom. The number of aromatic nitrogens is 4. The maximum absolute atomic E-state index is 12.1.